The van der Waals surface area contributed by atoms with E-state index < -0.39 is 5.54 Å². The Morgan fingerprint density at radius 1 is 1.50 bits per heavy atom. The van der Waals surface area contributed by atoms with Crippen LogP contribution in [-0.4, -0.2) is 29.5 Å². The zero-order chi connectivity index (χ0) is 12.2. The Hall–Kier alpha value is -0.120. The van der Waals surface area contributed by atoms with Crippen molar-refractivity contribution in [2.75, 3.05) is 6.61 Å². The monoisotopic (exact) mass is 229 g/mol. The number of aliphatic hydroxyl groups excluding tert-OH is 1. The van der Waals surface area contributed by atoms with E-state index in [9.17, 15) is 0 Å². The highest BCUT2D eigenvalue weighted by molar-refractivity contribution is 4.81. The van der Waals surface area contributed by atoms with Crippen LogP contribution in [0.1, 0.15) is 52.9 Å². The van der Waals surface area contributed by atoms with Gasteiger partial charge in [0.2, 0.25) is 0 Å². The van der Waals surface area contributed by atoms with Gasteiger partial charge in [0.1, 0.15) is 0 Å². The van der Waals surface area contributed by atoms with Gasteiger partial charge in [-0.25, -0.2) is 0 Å². The smallest absolute Gasteiger partial charge is 0.0609 e. The molecule has 1 rings (SSSR count). The highest BCUT2D eigenvalue weighted by Crippen LogP contribution is 2.27. The van der Waals surface area contributed by atoms with Crippen LogP contribution in [0.15, 0.2) is 0 Å². The summed E-state index contributed by atoms with van der Waals surface area (Å²) in [6.07, 6.45) is 6.21. The van der Waals surface area contributed by atoms with Crippen LogP contribution in [0.5, 0.6) is 0 Å². The molecule has 0 radical (unpaired) electrons. The summed E-state index contributed by atoms with van der Waals surface area (Å²) in [7, 11) is 0. The molecule has 3 N–H and O–H groups in total. The molecule has 4 atom stereocenters. The van der Waals surface area contributed by atoms with E-state index in [1.54, 1.807) is 0 Å². The van der Waals surface area contributed by atoms with Crippen LogP contribution < -0.4 is 5.73 Å². The van der Waals surface area contributed by atoms with Gasteiger partial charge < -0.3 is 15.6 Å². The van der Waals surface area contributed by atoms with Gasteiger partial charge >= 0.3 is 0 Å². The first-order valence-corrected chi connectivity index (χ1v) is 6.48. The van der Waals surface area contributed by atoms with Gasteiger partial charge in [0.25, 0.3) is 0 Å². The Morgan fingerprint density at radius 2 is 2.19 bits per heavy atom. The fourth-order valence-corrected chi connectivity index (χ4v) is 2.60. The summed E-state index contributed by atoms with van der Waals surface area (Å²) in [6.45, 7) is 6.24. The molecule has 96 valence electrons. The first kappa shape index (κ1) is 13.9. The van der Waals surface area contributed by atoms with Crippen molar-refractivity contribution in [2.45, 2.75) is 70.6 Å². The van der Waals surface area contributed by atoms with Crippen molar-refractivity contribution in [3.8, 4) is 0 Å². The molecule has 0 spiro atoms. The van der Waals surface area contributed by atoms with Gasteiger partial charge in [-0.3, -0.25) is 0 Å². The number of ether oxygens (including phenoxy) is 1. The Balaban J connectivity index is 2.30. The van der Waals surface area contributed by atoms with Crippen molar-refractivity contribution in [3.05, 3.63) is 0 Å². The van der Waals surface area contributed by atoms with Crippen LogP contribution in [0, 0.1) is 5.92 Å². The number of nitrogens with two attached hydrogens (primary N) is 1. The highest BCUT2D eigenvalue weighted by atomic mass is 16.5. The second kappa shape index (κ2) is 5.99. The van der Waals surface area contributed by atoms with E-state index in [0.29, 0.717) is 12.5 Å². The molecule has 1 fully saturated rings. The second-order valence-corrected chi connectivity index (χ2v) is 5.86. The second-order valence-electron chi connectivity index (χ2n) is 5.86. The molecule has 1 saturated carbocycles. The zero-order valence-corrected chi connectivity index (χ0v) is 10.9. The van der Waals surface area contributed by atoms with Gasteiger partial charge in [-0.05, 0) is 39.0 Å². The van der Waals surface area contributed by atoms with E-state index in [-0.39, 0.29) is 12.7 Å². The Morgan fingerprint density at radius 3 is 2.75 bits per heavy atom. The van der Waals surface area contributed by atoms with Crippen molar-refractivity contribution in [1.29, 1.82) is 0 Å². The molecule has 1 aliphatic carbocycles. The minimum atomic E-state index is -0.514. The molecule has 0 aromatic heterocycles. The van der Waals surface area contributed by atoms with Gasteiger partial charge in [0, 0.05) is 5.54 Å². The summed E-state index contributed by atoms with van der Waals surface area (Å²) in [5.74, 6) is 0.785. The van der Waals surface area contributed by atoms with Crippen molar-refractivity contribution in [2.24, 2.45) is 11.7 Å². The van der Waals surface area contributed by atoms with Gasteiger partial charge in [-0.1, -0.05) is 19.8 Å². The third-order valence-corrected chi connectivity index (χ3v) is 3.43. The number of rotatable bonds is 5. The average Bonchev–Trinajstić information content (AvgIpc) is 2.16. The average molecular weight is 229 g/mol. The number of hydrogen-bond acceptors (Lipinski definition) is 3. The molecule has 0 amide bonds. The summed E-state index contributed by atoms with van der Waals surface area (Å²) in [5, 5.41) is 9.11. The molecule has 0 heterocycles. The van der Waals surface area contributed by atoms with Crippen LogP contribution in [0.2, 0.25) is 0 Å². The fraction of sp³-hybridized carbons (Fsp3) is 1.00. The predicted octanol–water partition coefficient (Wildman–Crippen LogP) is 2.07. The van der Waals surface area contributed by atoms with E-state index in [1.165, 1.54) is 25.7 Å². The third-order valence-electron chi connectivity index (χ3n) is 3.43. The molecule has 0 aromatic rings. The lowest BCUT2D eigenvalue weighted by molar-refractivity contribution is -0.0439. The Labute approximate surface area is 99.4 Å². The maximum Gasteiger partial charge on any atom is 0.0609 e. The Kier molecular flexibility index (Phi) is 5.22. The van der Waals surface area contributed by atoms with Gasteiger partial charge in [0.05, 0.1) is 18.8 Å². The largest absolute Gasteiger partial charge is 0.394 e. The summed E-state index contributed by atoms with van der Waals surface area (Å²) < 4.78 is 6.01. The van der Waals surface area contributed by atoms with E-state index in [1.807, 2.05) is 6.92 Å². The zero-order valence-electron chi connectivity index (χ0n) is 10.9. The number of hydrogen-bond donors (Lipinski definition) is 2. The van der Waals surface area contributed by atoms with Crippen LogP contribution in [0.3, 0.4) is 0 Å². The van der Waals surface area contributed by atoms with Crippen molar-refractivity contribution in [1.82, 2.24) is 0 Å². The highest BCUT2D eigenvalue weighted by Gasteiger charge is 2.25. The van der Waals surface area contributed by atoms with E-state index in [4.69, 9.17) is 15.6 Å². The minimum Gasteiger partial charge on any atom is -0.394 e. The standard InChI is InChI=1S/C13H27NO2/c1-10-5-4-6-12(7-10)16-11(2)8-13(3,14)9-15/h10-12,15H,4-9,14H2,1-3H3. The molecule has 16 heavy (non-hydrogen) atoms. The topological polar surface area (TPSA) is 55.5 Å². The molecular formula is C13H27NO2. The predicted molar refractivity (Wildman–Crippen MR) is 66.3 cm³/mol. The maximum atomic E-state index is 9.11. The normalized spacial score (nSPS) is 32.1. The van der Waals surface area contributed by atoms with Crippen LogP contribution >= 0.6 is 0 Å². The number of aliphatic hydroxyl groups is 1. The first-order chi connectivity index (χ1) is 7.43. The lowest BCUT2D eigenvalue weighted by atomic mass is 9.88. The van der Waals surface area contributed by atoms with Gasteiger partial charge in [-0.15, -0.1) is 0 Å². The van der Waals surface area contributed by atoms with E-state index >= 15 is 0 Å². The van der Waals surface area contributed by atoms with Crippen molar-refractivity contribution in [3.63, 3.8) is 0 Å². The lowest BCUT2D eigenvalue weighted by Gasteiger charge is -2.32. The molecule has 0 saturated heterocycles. The fourth-order valence-electron chi connectivity index (χ4n) is 2.60. The minimum absolute atomic E-state index is 0.0156. The van der Waals surface area contributed by atoms with Crippen molar-refractivity contribution < 1.29 is 9.84 Å². The van der Waals surface area contributed by atoms with E-state index in [0.717, 1.165) is 5.92 Å². The maximum absolute atomic E-state index is 9.11. The molecule has 3 heteroatoms. The SMILES string of the molecule is CC1CCCC(OC(C)CC(C)(N)CO)C1. The van der Waals surface area contributed by atoms with Crippen LogP contribution in [0.4, 0.5) is 0 Å². The van der Waals surface area contributed by atoms with Gasteiger partial charge in [-0.2, -0.15) is 0 Å². The summed E-state index contributed by atoms with van der Waals surface area (Å²) in [4.78, 5) is 0. The quantitative estimate of drug-likeness (QED) is 0.759. The molecule has 0 bridgehead atoms. The molecular weight excluding hydrogens is 202 g/mol. The summed E-state index contributed by atoms with van der Waals surface area (Å²) >= 11 is 0. The first-order valence-electron chi connectivity index (χ1n) is 6.48. The molecule has 0 aromatic carbocycles. The summed E-state index contributed by atoms with van der Waals surface area (Å²) in [5.41, 5.74) is 5.41. The Bertz CT molecular complexity index is 206. The molecule has 1 aliphatic rings. The van der Waals surface area contributed by atoms with Crippen LogP contribution in [0.25, 0.3) is 0 Å². The van der Waals surface area contributed by atoms with Gasteiger partial charge in [0.15, 0.2) is 0 Å². The summed E-state index contributed by atoms with van der Waals surface area (Å²) in [6, 6.07) is 0. The van der Waals surface area contributed by atoms with Crippen LogP contribution in [-0.2, 0) is 4.74 Å². The molecule has 3 nitrogen and oxygen atoms in total. The lowest BCUT2D eigenvalue weighted by Crippen LogP contribution is -2.44. The molecule has 0 aliphatic heterocycles. The third kappa shape index (κ3) is 4.81. The molecule has 4 unspecified atom stereocenters. The van der Waals surface area contributed by atoms with E-state index in [2.05, 4.69) is 13.8 Å². The van der Waals surface area contributed by atoms with Crippen molar-refractivity contribution >= 4 is 0 Å².